The van der Waals surface area contributed by atoms with Gasteiger partial charge < -0.3 is 9.84 Å². The standard InChI is InChI=1S/C17H17ClN6O2/c18-11-6-8-13(9-7-11)24-10-14(21-23-24)15-20-17(26-22-15)16(25)19-12-4-2-1-3-5-12/h6-10,12H,1-5H2,(H,19,25). The molecule has 2 heterocycles. The predicted octanol–water partition coefficient (Wildman–Crippen LogP) is 3.03. The fourth-order valence-electron chi connectivity index (χ4n) is 3.00. The molecule has 3 aromatic rings. The van der Waals surface area contributed by atoms with Crippen molar-refractivity contribution in [1.82, 2.24) is 30.5 Å². The quantitative estimate of drug-likeness (QED) is 0.755. The van der Waals surface area contributed by atoms with Gasteiger partial charge in [-0.3, -0.25) is 4.79 Å². The highest BCUT2D eigenvalue weighted by molar-refractivity contribution is 6.30. The second-order valence-electron chi connectivity index (χ2n) is 6.26. The number of carbonyl (C=O) groups is 1. The number of benzene rings is 1. The van der Waals surface area contributed by atoms with Crippen LogP contribution in [0.1, 0.15) is 42.8 Å². The van der Waals surface area contributed by atoms with Crippen molar-refractivity contribution >= 4 is 17.5 Å². The molecule has 0 aliphatic heterocycles. The maximum absolute atomic E-state index is 12.3. The molecule has 1 aliphatic rings. The summed E-state index contributed by atoms with van der Waals surface area (Å²) in [6, 6.07) is 7.35. The maximum atomic E-state index is 12.3. The molecule has 0 unspecified atom stereocenters. The van der Waals surface area contributed by atoms with E-state index in [2.05, 4.69) is 25.8 Å². The van der Waals surface area contributed by atoms with Crippen LogP contribution in [0.25, 0.3) is 17.2 Å². The van der Waals surface area contributed by atoms with E-state index in [1.54, 1.807) is 23.0 Å². The van der Waals surface area contributed by atoms with Gasteiger partial charge in [-0.05, 0) is 37.1 Å². The van der Waals surface area contributed by atoms with Gasteiger partial charge >= 0.3 is 11.8 Å². The number of amides is 1. The second kappa shape index (κ2) is 7.25. The zero-order valence-electron chi connectivity index (χ0n) is 13.9. The summed E-state index contributed by atoms with van der Waals surface area (Å²) < 4.78 is 6.66. The third-order valence-electron chi connectivity index (χ3n) is 4.37. The van der Waals surface area contributed by atoms with E-state index < -0.39 is 0 Å². The first kappa shape index (κ1) is 16.7. The minimum absolute atomic E-state index is 0.0633. The number of rotatable bonds is 4. The van der Waals surface area contributed by atoms with Crippen LogP contribution in [0, 0.1) is 0 Å². The average Bonchev–Trinajstić information content (AvgIpc) is 3.33. The van der Waals surface area contributed by atoms with E-state index in [1.807, 2.05) is 12.1 Å². The van der Waals surface area contributed by atoms with E-state index in [9.17, 15) is 4.79 Å². The van der Waals surface area contributed by atoms with E-state index in [4.69, 9.17) is 16.1 Å². The molecule has 2 aromatic heterocycles. The van der Waals surface area contributed by atoms with Gasteiger partial charge in [0.2, 0.25) is 5.82 Å². The Kier molecular flexibility index (Phi) is 4.66. The molecule has 0 radical (unpaired) electrons. The Labute approximate surface area is 154 Å². The van der Waals surface area contributed by atoms with Crippen LogP contribution in [0.4, 0.5) is 0 Å². The highest BCUT2D eigenvalue weighted by Crippen LogP contribution is 2.19. The van der Waals surface area contributed by atoms with E-state index in [1.165, 1.54) is 6.42 Å². The van der Waals surface area contributed by atoms with Gasteiger partial charge in [0.1, 0.15) is 0 Å². The molecule has 0 spiro atoms. The molecule has 1 saturated carbocycles. The van der Waals surface area contributed by atoms with Gasteiger partial charge in [0, 0.05) is 11.1 Å². The Hall–Kier alpha value is -2.74. The van der Waals surface area contributed by atoms with Crippen LogP contribution in [-0.2, 0) is 0 Å². The molecular weight excluding hydrogens is 356 g/mol. The van der Waals surface area contributed by atoms with Gasteiger partial charge in [0.05, 0.1) is 11.9 Å². The lowest BCUT2D eigenvalue weighted by molar-refractivity contribution is 0.0883. The molecule has 1 amide bonds. The van der Waals surface area contributed by atoms with Crippen molar-refractivity contribution in [2.45, 2.75) is 38.1 Å². The lowest BCUT2D eigenvalue weighted by Gasteiger charge is -2.21. The average molecular weight is 373 g/mol. The summed E-state index contributed by atoms with van der Waals surface area (Å²) >= 11 is 5.89. The van der Waals surface area contributed by atoms with E-state index in [0.717, 1.165) is 31.4 Å². The van der Waals surface area contributed by atoms with Gasteiger partial charge in [-0.25, -0.2) is 4.68 Å². The highest BCUT2D eigenvalue weighted by atomic mass is 35.5. The number of hydrogen-bond donors (Lipinski definition) is 1. The van der Waals surface area contributed by atoms with Crippen molar-refractivity contribution in [1.29, 1.82) is 0 Å². The Balaban J connectivity index is 1.47. The van der Waals surface area contributed by atoms with Crippen molar-refractivity contribution in [3.8, 4) is 17.2 Å². The molecule has 8 nitrogen and oxygen atoms in total. The van der Waals surface area contributed by atoms with Crippen molar-refractivity contribution in [3.63, 3.8) is 0 Å². The van der Waals surface area contributed by atoms with Crippen LogP contribution in [0.5, 0.6) is 0 Å². The van der Waals surface area contributed by atoms with E-state index in [-0.39, 0.29) is 23.7 Å². The monoisotopic (exact) mass is 372 g/mol. The van der Waals surface area contributed by atoms with Crippen LogP contribution in [0.15, 0.2) is 35.0 Å². The normalized spacial score (nSPS) is 15.1. The summed E-state index contributed by atoms with van der Waals surface area (Å²) in [7, 11) is 0. The first-order valence-electron chi connectivity index (χ1n) is 8.52. The van der Waals surface area contributed by atoms with Crippen molar-refractivity contribution < 1.29 is 9.32 Å². The zero-order valence-corrected chi connectivity index (χ0v) is 14.7. The van der Waals surface area contributed by atoms with Crippen LogP contribution < -0.4 is 5.32 Å². The van der Waals surface area contributed by atoms with Crippen molar-refractivity contribution in [3.05, 3.63) is 41.4 Å². The first-order valence-corrected chi connectivity index (χ1v) is 8.90. The summed E-state index contributed by atoms with van der Waals surface area (Å²) in [4.78, 5) is 16.4. The van der Waals surface area contributed by atoms with Crippen molar-refractivity contribution in [2.24, 2.45) is 0 Å². The maximum Gasteiger partial charge on any atom is 0.316 e. The number of nitrogens with one attached hydrogen (secondary N) is 1. The van der Waals surface area contributed by atoms with Gasteiger partial charge in [-0.1, -0.05) is 41.2 Å². The Morgan fingerprint density at radius 1 is 1.19 bits per heavy atom. The zero-order chi connectivity index (χ0) is 17.9. The molecule has 134 valence electrons. The topological polar surface area (TPSA) is 98.7 Å². The highest BCUT2D eigenvalue weighted by Gasteiger charge is 2.22. The third-order valence-corrected chi connectivity index (χ3v) is 4.63. The largest absolute Gasteiger partial charge is 0.345 e. The Morgan fingerprint density at radius 2 is 1.96 bits per heavy atom. The molecular formula is C17H17ClN6O2. The molecule has 1 aromatic carbocycles. The predicted molar refractivity (Wildman–Crippen MR) is 94.0 cm³/mol. The molecule has 0 bridgehead atoms. The van der Waals surface area contributed by atoms with E-state index >= 15 is 0 Å². The van der Waals surface area contributed by atoms with Crippen molar-refractivity contribution in [2.75, 3.05) is 0 Å². The van der Waals surface area contributed by atoms with Crippen LogP contribution >= 0.6 is 11.6 Å². The summed E-state index contributed by atoms with van der Waals surface area (Å²) in [6.45, 7) is 0. The van der Waals surface area contributed by atoms with Gasteiger partial charge in [0.25, 0.3) is 0 Å². The number of aromatic nitrogens is 5. The summed E-state index contributed by atoms with van der Waals surface area (Å²) in [5.74, 6) is -0.189. The SMILES string of the molecule is O=C(NC1CCCCC1)c1nc(-c2cn(-c3ccc(Cl)cc3)nn2)no1. The van der Waals surface area contributed by atoms with Crippen LogP contribution in [0.3, 0.4) is 0 Å². The molecule has 4 rings (SSSR count). The Morgan fingerprint density at radius 3 is 2.73 bits per heavy atom. The van der Waals surface area contributed by atoms with Crippen LogP contribution in [0.2, 0.25) is 5.02 Å². The molecule has 0 atom stereocenters. The Bertz CT molecular complexity index is 898. The van der Waals surface area contributed by atoms with Gasteiger partial charge in [-0.15, -0.1) is 5.10 Å². The number of carbonyl (C=O) groups excluding carboxylic acids is 1. The summed E-state index contributed by atoms with van der Waals surface area (Å²) in [5.41, 5.74) is 1.22. The van der Waals surface area contributed by atoms with E-state index in [0.29, 0.717) is 10.7 Å². The minimum atomic E-state index is -0.347. The lowest BCUT2D eigenvalue weighted by atomic mass is 9.95. The molecule has 0 saturated heterocycles. The molecule has 1 aliphatic carbocycles. The smallest absolute Gasteiger partial charge is 0.316 e. The minimum Gasteiger partial charge on any atom is -0.345 e. The number of nitrogens with zero attached hydrogens (tertiary/aromatic N) is 5. The number of halogens is 1. The molecule has 1 N–H and O–H groups in total. The molecule has 9 heteroatoms. The second-order valence-corrected chi connectivity index (χ2v) is 6.69. The number of hydrogen-bond acceptors (Lipinski definition) is 6. The molecule has 1 fully saturated rings. The summed E-state index contributed by atoms with van der Waals surface area (Å²) in [5, 5.41) is 15.5. The molecule has 26 heavy (non-hydrogen) atoms. The van der Waals surface area contributed by atoms with Crippen LogP contribution in [-0.4, -0.2) is 37.1 Å². The van der Waals surface area contributed by atoms with Gasteiger partial charge in [0.15, 0.2) is 5.69 Å². The summed E-state index contributed by atoms with van der Waals surface area (Å²) in [6.07, 6.45) is 7.13. The first-order chi connectivity index (χ1) is 12.7. The van der Waals surface area contributed by atoms with Gasteiger partial charge in [-0.2, -0.15) is 4.98 Å². The lowest BCUT2D eigenvalue weighted by Crippen LogP contribution is -2.36. The fraction of sp³-hybridized carbons (Fsp3) is 0.353. The fourth-order valence-corrected chi connectivity index (χ4v) is 3.13. The third kappa shape index (κ3) is 3.60.